The third-order valence-corrected chi connectivity index (χ3v) is 2.43. The van der Waals surface area contributed by atoms with Crippen LogP contribution in [0.3, 0.4) is 0 Å². The quantitative estimate of drug-likeness (QED) is 0.658. The molecule has 0 aliphatic heterocycles. The SMILES string of the molecule is COC(=O)/C=C/Nc1cc(OC)c(Cl)cc1OC. The number of anilines is 1. The maximum Gasteiger partial charge on any atom is 0.331 e. The Morgan fingerprint density at radius 3 is 2.44 bits per heavy atom. The fourth-order valence-corrected chi connectivity index (χ4v) is 1.47. The van der Waals surface area contributed by atoms with E-state index in [1.54, 1.807) is 12.1 Å². The molecule has 0 heterocycles. The summed E-state index contributed by atoms with van der Waals surface area (Å²) in [4.78, 5) is 10.9. The fraction of sp³-hybridized carbons (Fsp3) is 0.250. The molecule has 0 spiro atoms. The van der Waals surface area contributed by atoms with Crippen molar-refractivity contribution in [2.75, 3.05) is 26.6 Å². The van der Waals surface area contributed by atoms with Crippen molar-refractivity contribution in [2.45, 2.75) is 0 Å². The van der Waals surface area contributed by atoms with Gasteiger partial charge in [0, 0.05) is 24.4 Å². The van der Waals surface area contributed by atoms with Gasteiger partial charge in [0.15, 0.2) is 0 Å². The Kier molecular flexibility index (Phi) is 5.32. The monoisotopic (exact) mass is 271 g/mol. The zero-order chi connectivity index (χ0) is 13.5. The third kappa shape index (κ3) is 3.56. The van der Waals surface area contributed by atoms with Gasteiger partial charge in [-0.1, -0.05) is 11.6 Å². The first kappa shape index (κ1) is 14.2. The number of benzene rings is 1. The molecule has 0 aromatic heterocycles. The summed E-state index contributed by atoms with van der Waals surface area (Å²) in [5.74, 6) is 0.587. The van der Waals surface area contributed by atoms with Gasteiger partial charge >= 0.3 is 5.97 Å². The first-order chi connectivity index (χ1) is 8.62. The van der Waals surface area contributed by atoms with Crippen molar-refractivity contribution in [1.29, 1.82) is 0 Å². The minimum Gasteiger partial charge on any atom is -0.495 e. The zero-order valence-corrected chi connectivity index (χ0v) is 11.1. The Morgan fingerprint density at radius 2 is 1.89 bits per heavy atom. The maximum absolute atomic E-state index is 10.9. The van der Waals surface area contributed by atoms with Crippen LogP contribution < -0.4 is 14.8 Å². The van der Waals surface area contributed by atoms with Gasteiger partial charge in [0.1, 0.15) is 11.5 Å². The molecule has 1 aromatic rings. The predicted octanol–water partition coefficient (Wildman–Crippen LogP) is 2.46. The van der Waals surface area contributed by atoms with Crippen molar-refractivity contribution >= 4 is 23.3 Å². The van der Waals surface area contributed by atoms with Crippen molar-refractivity contribution in [3.05, 3.63) is 29.4 Å². The smallest absolute Gasteiger partial charge is 0.331 e. The number of halogens is 1. The summed E-state index contributed by atoms with van der Waals surface area (Å²) in [7, 11) is 4.34. The maximum atomic E-state index is 10.9. The fourth-order valence-electron chi connectivity index (χ4n) is 1.24. The van der Waals surface area contributed by atoms with E-state index in [9.17, 15) is 4.79 Å². The summed E-state index contributed by atoms with van der Waals surface area (Å²) >= 11 is 5.96. The molecule has 0 saturated heterocycles. The lowest BCUT2D eigenvalue weighted by Gasteiger charge is -2.11. The Balaban J connectivity index is 2.93. The predicted molar refractivity (Wildman–Crippen MR) is 69.3 cm³/mol. The van der Waals surface area contributed by atoms with Gasteiger partial charge in [-0.05, 0) is 0 Å². The molecule has 0 unspecified atom stereocenters. The molecule has 0 radical (unpaired) electrons. The first-order valence-electron chi connectivity index (χ1n) is 5.05. The van der Waals surface area contributed by atoms with Crippen LogP contribution in [0.1, 0.15) is 0 Å². The van der Waals surface area contributed by atoms with Crippen molar-refractivity contribution in [1.82, 2.24) is 0 Å². The van der Waals surface area contributed by atoms with E-state index in [1.807, 2.05) is 0 Å². The van der Waals surface area contributed by atoms with Crippen LogP contribution >= 0.6 is 11.6 Å². The van der Waals surface area contributed by atoms with E-state index < -0.39 is 5.97 Å². The lowest BCUT2D eigenvalue weighted by atomic mass is 10.2. The van der Waals surface area contributed by atoms with Crippen LogP contribution in [0, 0.1) is 0 Å². The zero-order valence-electron chi connectivity index (χ0n) is 10.3. The molecular formula is C12H14ClNO4. The topological polar surface area (TPSA) is 56.8 Å². The molecule has 0 bridgehead atoms. The third-order valence-electron chi connectivity index (χ3n) is 2.13. The van der Waals surface area contributed by atoms with Gasteiger partial charge in [0.05, 0.1) is 32.0 Å². The standard InChI is InChI=1S/C12H14ClNO4/c1-16-10-7-9(11(17-2)6-8(10)13)14-5-4-12(15)18-3/h4-7,14H,1-3H3/b5-4+. The molecule has 0 aliphatic carbocycles. The second-order valence-electron chi connectivity index (χ2n) is 3.19. The lowest BCUT2D eigenvalue weighted by molar-refractivity contribution is -0.134. The number of esters is 1. The number of methoxy groups -OCH3 is 3. The molecule has 0 aliphatic rings. The minimum absolute atomic E-state index is 0.442. The summed E-state index contributed by atoms with van der Waals surface area (Å²) in [5, 5.41) is 3.33. The van der Waals surface area contributed by atoms with E-state index in [4.69, 9.17) is 21.1 Å². The molecule has 6 heteroatoms. The summed E-state index contributed by atoms with van der Waals surface area (Å²) in [5.41, 5.74) is 0.624. The Bertz CT molecular complexity index is 460. The molecule has 1 rings (SSSR count). The highest BCUT2D eigenvalue weighted by Crippen LogP contribution is 2.35. The van der Waals surface area contributed by atoms with Crippen LogP contribution in [-0.4, -0.2) is 27.3 Å². The van der Waals surface area contributed by atoms with Crippen LogP contribution in [0.2, 0.25) is 5.02 Å². The molecule has 98 valence electrons. The number of nitrogens with one attached hydrogen (secondary N) is 1. The number of hydrogen-bond donors (Lipinski definition) is 1. The molecule has 0 fully saturated rings. The number of ether oxygens (including phenoxy) is 3. The van der Waals surface area contributed by atoms with Crippen molar-refractivity contribution in [3.63, 3.8) is 0 Å². The van der Waals surface area contributed by atoms with Crippen molar-refractivity contribution in [3.8, 4) is 11.5 Å². The molecule has 1 aromatic carbocycles. The number of rotatable bonds is 5. The van der Waals surface area contributed by atoms with Gasteiger partial charge in [0.2, 0.25) is 0 Å². The van der Waals surface area contributed by atoms with E-state index in [0.29, 0.717) is 22.2 Å². The molecule has 18 heavy (non-hydrogen) atoms. The van der Waals surface area contributed by atoms with Gasteiger partial charge in [0.25, 0.3) is 0 Å². The second-order valence-corrected chi connectivity index (χ2v) is 3.60. The minimum atomic E-state index is -0.456. The van der Waals surface area contributed by atoms with E-state index in [0.717, 1.165) is 0 Å². The molecule has 1 N–H and O–H groups in total. The molecular weight excluding hydrogens is 258 g/mol. The lowest BCUT2D eigenvalue weighted by Crippen LogP contribution is -1.98. The average Bonchev–Trinajstić information content (AvgIpc) is 2.39. The van der Waals surface area contributed by atoms with Gasteiger partial charge in [-0.3, -0.25) is 0 Å². The summed E-state index contributed by atoms with van der Waals surface area (Å²) < 4.78 is 14.7. The second kappa shape index (κ2) is 6.76. The molecule has 0 saturated carbocycles. The van der Waals surface area contributed by atoms with Crippen LogP contribution in [0.4, 0.5) is 5.69 Å². The van der Waals surface area contributed by atoms with Crippen molar-refractivity contribution < 1.29 is 19.0 Å². The number of carbonyl (C=O) groups excluding carboxylic acids is 1. The van der Waals surface area contributed by atoms with E-state index >= 15 is 0 Å². The highest BCUT2D eigenvalue weighted by Gasteiger charge is 2.08. The molecule has 5 nitrogen and oxygen atoms in total. The molecule has 0 atom stereocenters. The van der Waals surface area contributed by atoms with E-state index in [2.05, 4.69) is 10.1 Å². The van der Waals surface area contributed by atoms with Gasteiger partial charge < -0.3 is 19.5 Å². The first-order valence-corrected chi connectivity index (χ1v) is 5.42. The van der Waals surface area contributed by atoms with Crippen LogP contribution in [0.25, 0.3) is 0 Å². The summed E-state index contributed by atoms with van der Waals surface area (Å²) in [6, 6.07) is 3.29. The number of hydrogen-bond acceptors (Lipinski definition) is 5. The van der Waals surface area contributed by atoms with Gasteiger partial charge in [-0.15, -0.1) is 0 Å². The van der Waals surface area contributed by atoms with E-state index in [-0.39, 0.29) is 0 Å². The van der Waals surface area contributed by atoms with Gasteiger partial charge in [-0.25, -0.2) is 4.79 Å². The summed E-state index contributed by atoms with van der Waals surface area (Å²) in [6.07, 6.45) is 2.69. The average molecular weight is 272 g/mol. The Labute approximate surface area is 110 Å². The molecule has 0 amide bonds. The normalized spacial score (nSPS) is 10.2. The number of carbonyl (C=O) groups is 1. The highest BCUT2D eigenvalue weighted by atomic mass is 35.5. The Morgan fingerprint density at radius 1 is 1.22 bits per heavy atom. The van der Waals surface area contributed by atoms with Crippen molar-refractivity contribution in [2.24, 2.45) is 0 Å². The van der Waals surface area contributed by atoms with Gasteiger partial charge in [-0.2, -0.15) is 0 Å². The highest BCUT2D eigenvalue weighted by molar-refractivity contribution is 6.32. The largest absolute Gasteiger partial charge is 0.495 e. The Hall–Kier alpha value is -1.88. The van der Waals surface area contributed by atoms with Crippen LogP contribution in [0.15, 0.2) is 24.4 Å². The van der Waals surface area contributed by atoms with E-state index in [1.165, 1.54) is 33.6 Å². The summed E-state index contributed by atoms with van der Waals surface area (Å²) in [6.45, 7) is 0. The van der Waals surface area contributed by atoms with Crippen LogP contribution in [-0.2, 0) is 9.53 Å². The van der Waals surface area contributed by atoms with Crippen LogP contribution in [0.5, 0.6) is 11.5 Å².